The predicted octanol–water partition coefficient (Wildman–Crippen LogP) is 2.98. The second kappa shape index (κ2) is 16.0. The fraction of sp³-hybridized carbons (Fsp3) is 0.692. The maximum absolute atomic E-state index is 14.0. The molecule has 0 spiro atoms. The summed E-state index contributed by atoms with van der Waals surface area (Å²) in [6, 6.07) is -0.146. The van der Waals surface area contributed by atoms with Crippen molar-refractivity contribution in [1.82, 2.24) is 24.1 Å². The van der Waals surface area contributed by atoms with E-state index in [0.717, 1.165) is 12.2 Å². The monoisotopic (exact) mass is 719 g/mol. The van der Waals surface area contributed by atoms with Crippen LogP contribution in [-0.2, 0) is 43.3 Å². The molecule has 0 bridgehead atoms. The lowest BCUT2D eigenvalue weighted by Gasteiger charge is -2.34. The highest BCUT2D eigenvalue weighted by atomic mass is 32.2. The van der Waals surface area contributed by atoms with Crippen molar-refractivity contribution in [2.24, 2.45) is 0 Å². The molecule has 3 heterocycles. The maximum atomic E-state index is 14.0. The van der Waals surface area contributed by atoms with Crippen molar-refractivity contribution in [3.05, 3.63) is 40.1 Å². The molecule has 13 nitrogen and oxygen atoms in total. The molecule has 0 radical (unpaired) electrons. The molecule has 47 heavy (non-hydrogen) atoms. The Morgan fingerprint density at radius 1 is 0.936 bits per heavy atom. The molecule has 2 aromatic heterocycles. The Kier molecular flexibility index (Phi) is 13.2. The van der Waals surface area contributed by atoms with E-state index in [2.05, 4.69) is 40.0 Å². The Balaban J connectivity index is 1.54. The highest BCUT2D eigenvalue weighted by Gasteiger charge is 2.39. The van der Waals surface area contributed by atoms with E-state index in [0.29, 0.717) is 17.1 Å². The summed E-state index contributed by atoms with van der Waals surface area (Å²) in [5.74, 6) is -0.394. The van der Waals surface area contributed by atoms with E-state index in [-0.39, 0.29) is 58.6 Å². The molecule has 1 fully saturated rings. The van der Waals surface area contributed by atoms with Gasteiger partial charge >= 0.3 is 12.4 Å². The van der Waals surface area contributed by atoms with Gasteiger partial charge in [0.2, 0.25) is 16.0 Å². The summed E-state index contributed by atoms with van der Waals surface area (Å²) >= 11 is 0. The first-order valence-electron chi connectivity index (χ1n) is 14.5. The van der Waals surface area contributed by atoms with E-state index in [9.17, 15) is 39.6 Å². The second-order valence-electron chi connectivity index (χ2n) is 11.9. The summed E-state index contributed by atoms with van der Waals surface area (Å²) in [7, 11) is -3.95. The molecule has 21 heteroatoms. The molecule has 1 N–H and O–H groups in total. The van der Waals surface area contributed by atoms with Gasteiger partial charge in [-0.05, 0) is 6.04 Å². The summed E-state index contributed by atoms with van der Waals surface area (Å²) in [4.78, 5) is 21.7. The van der Waals surface area contributed by atoms with E-state index in [1.165, 1.54) is 11.4 Å². The number of nitrogens with one attached hydrogen (secondary N) is 1. The molecule has 0 saturated carbocycles. The van der Waals surface area contributed by atoms with Crippen LogP contribution in [0.3, 0.4) is 0 Å². The quantitative estimate of drug-likeness (QED) is 0.156. The molecule has 1 aliphatic heterocycles. The van der Waals surface area contributed by atoms with Gasteiger partial charge in [-0.1, -0.05) is 19.6 Å². The minimum absolute atomic E-state index is 0.0304. The second-order valence-corrected chi connectivity index (χ2v) is 19.6. The van der Waals surface area contributed by atoms with Gasteiger partial charge in [0, 0.05) is 60.4 Å². The normalized spacial score (nSPS) is 16.0. The van der Waals surface area contributed by atoms with Crippen molar-refractivity contribution < 1.29 is 49.0 Å². The zero-order chi connectivity index (χ0) is 35.0. The summed E-state index contributed by atoms with van der Waals surface area (Å²) in [5, 5.41) is 6.41. The van der Waals surface area contributed by atoms with Crippen LogP contribution >= 0.6 is 0 Å². The maximum Gasteiger partial charge on any atom is 0.423 e. The molecule has 0 amide bonds. The average Bonchev–Trinajstić information content (AvgIpc) is 2.97. The molecular weight excluding hydrogens is 680 g/mol. The lowest BCUT2D eigenvalue weighted by molar-refractivity contribution is -0.139. The molecule has 0 aromatic carbocycles. The molecule has 1 saturated heterocycles. The van der Waals surface area contributed by atoms with Crippen LogP contribution < -0.4 is 15.8 Å². The number of sulfonamides is 1. The molecule has 3 rings (SSSR count). The third kappa shape index (κ3) is 11.7. The minimum Gasteiger partial charge on any atom is -0.382 e. The Hall–Kier alpha value is -2.85. The molecule has 266 valence electrons. The third-order valence-corrected chi connectivity index (χ3v) is 10.5. The molecule has 2 aromatic rings. The number of alkyl halides is 6. The van der Waals surface area contributed by atoms with Crippen LogP contribution in [0.25, 0.3) is 0 Å². The van der Waals surface area contributed by atoms with Crippen LogP contribution in [0.4, 0.5) is 38.0 Å². The number of ether oxygens (including phenoxy) is 3. The van der Waals surface area contributed by atoms with Crippen molar-refractivity contribution in [3.8, 4) is 0 Å². The molecule has 1 aliphatic rings. The zero-order valence-corrected chi connectivity index (χ0v) is 28.2. The van der Waals surface area contributed by atoms with Crippen molar-refractivity contribution in [2.45, 2.75) is 50.8 Å². The van der Waals surface area contributed by atoms with Gasteiger partial charge in [0.25, 0.3) is 5.56 Å². The highest BCUT2D eigenvalue weighted by molar-refractivity contribution is 7.89. The third-order valence-electron chi connectivity index (χ3n) is 6.95. The van der Waals surface area contributed by atoms with Gasteiger partial charge in [-0.15, -0.1) is 0 Å². The minimum atomic E-state index is -5.02. The SMILES string of the molecule is COCC(COCCS(=O)(=O)N1CCN(c2ncc(C(F)(F)F)cn2)CC1)Nc1cnn(COCC[Si](C)(C)C)c(=O)c1C(F)(F)F. The van der Waals surface area contributed by atoms with Crippen LogP contribution in [0.15, 0.2) is 23.4 Å². The van der Waals surface area contributed by atoms with E-state index in [4.69, 9.17) is 14.2 Å². The van der Waals surface area contributed by atoms with E-state index < -0.39 is 71.3 Å². The Bertz CT molecular complexity index is 1470. The first kappa shape index (κ1) is 38.6. The lowest BCUT2D eigenvalue weighted by Crippen LogP contribution is -2.50. The van der Waals surface area contributed by atoms with Gasteiger partial charge in [-0.3, -0.25) is 4.79 Å². The van der Waals surface area contributed by atoms with Crippen LogP contribution in [0, 0.1) is 0 Å². The fourth-order valence-corrected chi connectivity index (χ4v) is 6.43. The number of anilines is 2. The number of rotatable bonds is 16. The fourth-order valence-electron chi connectivity index (χ4n) is 4.36. The van der Waals surface area contributed by atoms with Gasteiger partial charge in [0.1, 0.15) is 12.3 Å². The van der Waals surface area contributed by atoms with Crippen LogP contribution in [0.5, 0.6) is 0 Å². The van der Waals surface area contributed by atoms with Crippen LogP contribution in [0.1, 0.15) is 11.1 Å². The van der Waals surface area contributed by atoms with Crippen molar-refractivity contribution in [2.75, 3.05) is 75.7 Å². The number of aromatic nitrogens is 4. The van der Waals surface area contributed by atoms with E-state index in [1.54, 1.807) is 4.90 Å². The Labute approximate surface area is 269 Å². The summed E-state index contributed by atoms with van der Waals surface area (Å²) in [6.07, 6.45) is -7.40. The van der Waals surface area contributed by atoms with Gasteiger partial charge in [0.15, 0.2) is 0 Å². The van der Waals surface area contributed by atoms with Crippen molar-refractivity contribution in [1.29, 1.82) is 0 Å². The van der Waals surface area contributed by atoms with Crippen LogP contribution in [-0.4, -0.2) is 112 Å². The Morgan fingerprint density at radius 2 is 1.57 bits per heavy atom. The number of nitrogens with zero attached hydrogens (tertiary/aromatic N) is 6. The summed E-state index contributed by atoms with van der Waals surface area (Å²) < 4.78 is 124. The number of hydrogen-bond donors (Lipinski definition) is 1. The van der Waals surface area contributed by atoms with Gasteiger partial charge in [0.05, 0.1) is 49.1 Å². The number of methoxy groups -OCH3 is 1. The molecule has 0 aliphatic carbocycles. The molecule has 1 atom stereocenters. The van der Waals surface area contributed by atoms with Gasteiger partial charge in [-0.2, -0.15) is 35.7 Å². The summed E-state index contributed by atoms with van der Waals surface area (Å²) in [5.41, 5.74) is -4.44. The predicted molar refractivity (Wildman–Crippen MR) is 162 cm³/mol. The topological polar surface area (TPSA) is 141 Å². The zero-order valence-electron chi connectivity index (χ0n) is 26.4. The Morgan fingerprint density at radius 3 is 2.13 bits per heavy atom. The lowest BCUT2D eigenvalue weighted by atomic mass is 10.2. The average molecular weight is 720 g/mol. The van der Waals surface area contributed by atoms with Gasteiger partial charge in [-0.25, -0.2) is 23.1 Å². The van der Waals surface area contributed by atoms with Gasteiger partial charge < -0.3 is 24.4 Å². The smallest absolute Gasteiger partial charge is 0.382 e. The largest absolute Gasteiger partial charge is 0.423 e. The number of halogens is 6. The first-order chi connectivity index (χ1) is 21.8. The molecular formula is C26H39F6N7O6SSi. The standard InChI is InChI=1S/C26H39F6N7O6SSi/c1-43-16-20(36-21-15-35-39(18-45-10-12-47(2,3)4)23(40)22(21)26(30,31)32)17-44-9-11-46(41,42)38-7-5-37(6-8-38)24-33-13-19(14-34-24)25(27,28)29/h13-15,20,36H,5-12,16-18H2,1-4H3. The molecule has 1 unspecified atom stereocenters. The summed E-state index contributed by atoms with van der Waals surface area (Å²) in [6.45, 7) is 5.81. The number of hydrogen-bond acceptors (Lipinski definition) is 11. The van der Waals surface area contributed by atoms with E-state index >= 15 is 0 Å². The first-order valence-corrected chi connectivity index (χ1v) is 19.8. The van der Waals surface area contributed by atoms with Crippen molar-refractivity contribution >= 4 is 29.7 Å². The van der Waals surface area contributed by atoms with E-state index in [1.807, 2.05) is 0 Å². The van der Waals surface area contributed by atoms with Crippen molar-refractivity contribution in [3.63, 3.8) is 0 Å². The highest BCUT2D eigenvalue weighted by Crippen LogP contribution is 2.32. The van der Waals surface area contributed by atoms with Crippen LogP contribution in [0.2, 0.25) is 25.7 Å². The number of piperazine rings is 1.